The lowest BCUT2D eigenvalue weighted by Gasteiger charge is -2.21. The molecule has 2 saturated carbocycles. The lowest BCUT2D eigenvalue weighted by atomic mass is 10.0. The molecule has 1 amide bonds. The Kier molecular flexibility index (Phi) is 3.62. The molecular formula is C12H21NO2. The van der Waals surface area contributed by atoms with E-state index >= 15 is 0 Å². The van der Waals surface area contributed by atoms with Gasteiger partial charge in [0.2, 0.25) is 5.91 Å². The topological polar surface area (TPSA) is 49.3 Å². The molecule has 15 heavy (non-hydrogen) atoms. The molecule has 0 aliphatic heterocycles. The third-order valence-corrected chi connectivity index (χ3v) is 3.95. The molecule has 3 nitrogen and oxygen atoms in total. The van der Waals surface area contributed by atoms with E-state index in [1.165, 1.54) is 12.8 Å². The minimum Gasteiger partial charge on any atom is -0.396 e. The highest BCUT2D eigenvalue weighted by atomic mass is 16.3. The highest BCUT2D eigenvalue weighted by Crippen LogP contribution is 2.28. The van der Waals surface area contributed by atoms with Crippen LogP contribution in [0.4, 0.5) is 0 Å². The number of nitrogens with one attached hydrogen (secondary N) is 1. The fraction of sp³-hybridized carbons (Fsp3) is 0.917. The van der Waals surface area contributed by atoms with Crippen molar-refractivity contribution >= 4 is 5.91 Å². The van der Waals surface area contributed by atoms with E-state index < -0.39 is 0 Å². The monoisotopic (exact) mass is 211 g/mol. The van der Waals surface area contributed by atoms with Crippen molar-refractivity contribution in [3.05, 3.63) is 0 Å². The first-order chi connectivity index (χ1) is 7.31. The lowest BCUT2D eigenvalue weighted by Crippen LogP contribution is -2.41. The van der Waals surface area contributed by atoms with E-state index in [2.05, 4.69) is 5.32 Å². The Morgan fingerprint density at radius 2 is 1.87 bits per heavy atom. The summed E-state index contributed by atoms with van der Waals surface area (Å²) in [5.41, 5.74) is 0. The molecule has 2 unspecified atom stereocenters. The molecule has 2 aliphatic rings. The largest absolute Gasteiger partial charge is 0.396 e. The number of aliphatic hydroxyl groups excluding tert-OH is 1. The van der Waals surface area contributed by atoms with Crippen LogP contribution < -0.4 is 5.32 Å². The van der Waals surface area contributed by atoms with Crippen LogP contribution in [0.3, 0.4) is 0 Å². The third kappa shape index (κ3) is 2.51. The van der Waals surface area contributed by atoms with Crippen LogP contribution in [0.15, 0.2) is 0 Å². The molecule has 0 heterocycles. The van der Waals surface area contributed by atoms with Gasteiger partial charge in [-0.3, -0.25) is 4.79 Å². The molecule has 2 atom stereocenters. The second-order valence-corrected chi connectivity index (χ2v) is 4.97. The zero-order chi connectivity index (χ0) is 10.7. The summed E-state index contributed by atoms with van der Waals surface area (Å²) in [6, 6.07) is 0.239. The molecule has 2 aliphatic carbocycles. The molecule has 3 heteroatoms. The van der Waals surface area contributed by atoms with E-state index in [0.29, 0.717) is 5.92 Å². The van der Waals surface area contributed by atoms with Crippen LogP contribution in [-0.4, -0.2) is 23.7 Å². The Balaban J connectivity index is 1.82. The van der Waals surface area contributed by atoms with Gasteiger partial charge >= 0.3 is 0 Å². The van der Waals surface area contributed by atoms with Gasteiger partial charge in [-0.1, -0.05) is 19.3 Å². The van der Waals surface area contributed by atoms with Gasteiger partial charge in [-0.05, 0) is 25.7 Å². The van der Waals surface area contributed by atoms with E-state index in [0.717, 1.165) is 32.1 Å². The summed E-state index contributed by atoms with van der Waals surface area (Å²) in [4.78, 5) is 11.9. The molecule has 0 aromatic rings. The number of amides is 1. The van der Waals surface area contributed by atoms with Crippen molar-refractivity contribution in [2.75, 3.05) is 6.61 Å². The first-order valence-corrected chi connectivity index (χ1v) is 6.22. The summed E-state index contributed by atoms with van der Waals surface area (Å²) in [7, 11) is 0. The smallest absolute Gasteiger partial charge is 0.223 e. The zero-order valence-corrected chi connectivity index (χ0v) is 9.24. The average Bonchev–Trinajstić information content (AvgIpc) is 2.87. The third-order valence-electron chi connectivity index (χ3n) is 3.95. The molecular weight excluding hydrogens is 190 g/mol. The number of rotatable bonds is 3. The molecule has 0 spiro atoms. The maximum absolute atomic E-state index is 11.9. The predicted octanol–water partition coefficient (Wildman–Crippen LogP) is 1.45. The molecule has 0 aromatic heterocycles. The number of hydrogen-bond acceptors (Lipinski definition) is 2. The summed E-state index contributed by atoms with van der Waals surface area (Å²) in [5.74, 6) is 0.790. The standard InChI is InChI=1S/C12H21NO2/c14-8-10-6-3-7-11(10)13-12(15)9-4-1-2-5-9/h9-11,14H,1-8H2,(H,13,15). The summed E-state index contributed by atoms with van der Waals surface area (Å²) in [6.07, 6.45) is 7.76. The van der Waals surface area contributed by atoms with Crippen LogP contribution in [0, 0.1) is 11.8 Å². The average molecular weight is 211 g/mol. The normalized spacial score (nSPS) is 32.1. The zero-order valence-electron chi connectivity index (χ0n) is 9.24. The maximum Gasteiger partial charge on any atom is 0.223 e. The van der Waals surface area contributed by atoms with Crippen LogP contribution in [0.2, 0.25) is 0 Å². The Morgan fingerprint density at radius 1 is 1.13 bits per heavy atom. The van der Waals surface area contributed by atoms with Gasteiger partial charge in [0.1, 0.15) is 0 Å². The van der Waals surface area contributed by atoms with E-state index in [4.69, 9.17) is 5.11 Å². The number of hydrogen-bond donors (Lipinski definition) is 2. The predicted molar refractivity (Wildman–Crippen MR) is 58.3 cm³/mol. The minimum atomic E-state index is 0.218. The Morgan fingerprint density at radius 3 is 2.53 bits per heavy atom. The Bertz CT molecular complexity index is 224. The van der Waals surface area contributed by atoms with Crippen LogP contribution in [0.5, 0.6) is 0 Å². The molecule has 2 fully saturated rings. The van der Waals surface area contributed by atoms with E-state index in [9.17, 15) is 4.79 Å². The molecule has 2 rings (SSSR count). The van der Waals surface area contributed by atoms with Crippen molar-refractivity contribution in [2.24, 2.45) is 11.8 Å². The summed E-state index contributed by atoms with van der Waals surface area (Å²) >= 11 is 0. The van der Waals surface area contributed by atoms with Crippen LogP contribution in [0.1, 0.15) is 44.9 Å². The lowest BCUT2D eigenvalue weighted by molar-refractivity contribution is -0.125. The quantitative estimate of drug-likeness (QED) is 0.742. The van der Waals surface area contributed by atoms with Gasteiger partial charge < -0.3 is 10.4 Å². The number of carbonyl (C=O) groups excluding carboxylic acids is 1. The Hall–Kier alpha value is -0.570. The molecule has 86 valence electrons. The molecule has 0 bridgehead atoms. The van der Waals surface area contributed by atoms with Crippen molar-refractivity contribution < 1.29 is 9.90 Å². The number of carbonyl (C=O) groups is 1. The fourth-order valence-electron chi connectivity index (χ4n) is 2.93. The van der Waals surface area contributed by atoms with Gasteiger partial charge in [0, 0.05) is 24.5 Å². The fourth-order valence-corrected chi connectivity index (χ4v) is 2.93. The highest BCUT2D eigenvalue weighted by Gasteiger charge is 2.30. The van der Waals surface area contributed by atoms with Crippen molar-refractivity contribution in [3.8, 4) is 0 Å². The molecule has 0 aromatic carbocycles. The van der Waals surface area contributed by atoms with Crippen molar-refractivity contribution in [1.29, 1.82) is 0 Å². The minimum absolute atomic E-state index is 0.218. The van der Waals surface area contributed by atoms with Gasteiger partial charge in [-0.25, -0.2) is 0 Å². The van der Waals surface area contributed by atoms with Crippen molar-refractivity contribution in [3.63, 3.8) is 0 Å². The summed E-state index contributed by atoms with van der Waals surface area (Å²) < 4.78 is 0. The van der Waals surface area contributed by atoms with Crippen molar-refractivity contribution in [1.82, 2.24) is 5.32 Å². The summed E-state index contributed by atoms with van der Waals surface area (Å²) in [5, 5.41) is 12.3. The van der Waals surface area contributed by atoms with Crippen LogP contribution >= 0.6 is 0 Å². The van der Waals surface area contributed by atoms with Gasteiger partial charge in [-0.15, -0.1) is 0 Å². The Labute approximate surface area is 91.2 Å². The maximum atomic E-state index is 11.9. The van der Waals surface area contributed by atoms with Crippen LogP contribution in [-0.2, 0) is 4.79 Å². The highest BCUT2D eigenvalue weighted by molar-refractivity contribution is 5.79. The first kappa shape index (κ1) is 10.9. The SMILES string of the molecule is O=C(NC1CCCC1CO)C1CCCC1. The van der Waals surface area contributed by atoms with E-state index in [1.807, 2.05) is 0 Å². The second kappa shape index (κ2) is 4.97. The molecule has 2 N–H and O–H groups in total. The van der Waals surface area contributed by atoms with Gasteiger partial charge in [0.05, 0.1) is 0 Å². The van der Waals surface area contributed by atoms with Crippen LogP contribution in [0.25, 0.3) is 0 Å². The van der Waals surface area contributed by atoms with E-state index in [-0.39, 0.29) is 24.5 Å². The van der Waals surface area contributed by atoms with Gasteiger partial charge in [-0.2, -0.15) is 0 Å². The second-order valence-electron chi connectivity index (χ2n) is 4.97. The summed E-state index contributed by atoms with van der Waals surface area (Å²) in [6.45, 7) is 0.218. The first-order valence-electron chi connectivity index (χ1n) is 6.22. The van der Waals surface area contributed by atoms with Gasteiger partial charge in [0.25, 0.3) is 0 Å². The van der Waals surface area contributed by atoms with Gasteiger partial charge in [0.15, 0.2) is 0 Å². The van der Waals surface area contributed by atoms with E-state index in [1.54, 1.807) is 0 Å². The van der Waals surface area contributed by atoms with Crippen molar-refractivity contribution in [2.45, 2.75) is 51.0 Å². The number of aliphatic hydroxyl groups is 1. The molecule has 0 radical (unpaired) electrons. The molecule has 0 saturated heterocycles.